The molecule has 0 bridgehead atoms. The number of carbonyl (C=O) groups excluding carboxylic acids is 1. The molecule has 0 aromatic heterocycles. The summed E-state index contributed by atoms with van der Waals surface area (Å²) < 4.78 is 65.5. The topological polar surface area (TPSA) is 20.3 Å². The van der Waals surface area contributed by atoms with Gasteiger partial charge in [0.25, 0.3) is 5.91 Å². The van der Waals surface area contributed by atoms with E-state index in [2.05, 4.69) is 0 Å². The smallest absolute Gasteiger partial charge is 0.261 e. The molecule has 2 aromatic carbocycles. The zero-order valence-electron chi connectivity index (χ0n) is 10.8. The van der Waals surface area contributed by atoms with E-state index in [4.69, 9.17) is 23.2 Å². The van der Waals surface area contributed by atoms with Crippen LogP contribution in [-0.4, -0.2) is 5.91 Å². The number of anilines is 1. The number of halogens is 7. The second-order valence-electron chi connectivity index (χ2n) is 4.65. The number of amides is 1. The van der Waals surface area contributed by atoms with Gasteiger partial charge in [-0.05, 0) is 6.07 Å². The van der Waals surface area contributed by atoms with Crippen LogP contribution in [0.25, 0.3) is 0 Å². The predicted octanol–water partition coefficient (Wildman–Crippen LogP) is 4.63. The second-order valence-corrected chi connectivity index (χ2v) is 5.93. The third-order valence-corrected chi connectivity index (χ3v) is 4.12. The van der Waals surface area contributed by atoms with Crippen molar-refractivity contribution >= 4 is 34.8 Å². The summed E-state index contributed by atoms with van der Waals surface area (Å²) in [5, 5.41) is 0. The van der Waals surface area contributed by atoms with Crippen molar-refractivity contribution in [1.29, 1.82) is 0 Å². The van der Waals surface area contributed by atoms with Crippen LogP contribution in [0.1, 0.15) is 15.9 Å². The number of alkyl halides is 2. The van der Waals surface area contributed by atoms with E-state index in [1.807, 2.05) is 0 Å². The van der Waals surface area contributed by atoms with Crippen molar-refractivity contribution in [1.82, 2.24) is 0 Å². The first-order valence-corrected chi connectivity index (χ1v) is 6.78. The molecule has 0 atom stereocenters. The molecule has 23 heavy (non-hydrogen) atoms. The van der Waals surface area contributed by atoms with Crippen molar-refractivity contribution in [2.75, 3.05) is 4.90 Å². The molecule has 2 nitrogen and oxygen atoms in total. The Labute approximate surface area is 136 Å². The summed E-state index contributed by atoms with van der Waals surface area (Å²) in [7, 11) is 0. The summed E-state index contributed by atoms with van der Waals surface area (Å²) in [5.74, 6) is -12.2. The Morgan fingerprint density at radius 1 is 0.826 bits per heavy atom. The number of carbonyl (C=O) groups is 1. The average Bonchev–Trinajstić information content (AvgIpc) is 2.73. The van der Waals surface area contributed by atoms with E-state index in [1.165, 1.54) is 24.3 Å². The molecule has 1 heterocycles. The first-order valence-electron chi connectivity index (χ1n) is 6.03. The molecule has 2 aromatic rings. The van der Waals surface area contributed by atoms with Crippen LogP contribution in [0.5, 0.6) is 0 Å². The van der Waals surface area contributed by atoms with E-state index >= 15 is 0 Å². The van der Waals surface area contributed by atoms with Crippen molar-refractivity contribution in [2.45, 2.75) is 4.46 Å². The predicted molar refractivity (Wildman–Crippen MR) is 72.9 cm³/mol. The fourth-order valence-corrected chi connectivity index (χ4v) is 2.98. The summed E-state index contributed by atoms with van der Waals surface area (Å²) >= 11 is 12.0. The molecule has 120 valence electrons. The molecule has 0 N–H and O–H groups in total. The lowest BCUT2D eigenvalue weighted by atomic mass is 10.1. The van der Waals surface area contributed by atoms with E-state index in [9.17, 15) is 26.7 Å². The van der Waals surface area contributed by atoms with E-state index < -0.39 is 45.1 Å². The summed E-state index contributed by atoms with van der Waals surface area (Å²) in [6.45, 7) is 0. The van der Waals surface area contributed by atoms with Crippen molar-refractivity contribution in [2.24, 2.45) is 0 Å². The molecule has 0 unspecified atom stereocenters. The van der Waals surface area contributed by atoms with Gasteiger partial charge in [0.05, 0.1) is 0 Å². The van der Waals surface area contributed by atoms with Gasteiger partial charge < -0.3 is 0 Å². The van der Waals surface area contributed by atoms with Gasteiger partial charge >= 0.3 is 0 Å². The molecular formula is C14H4Cl2F5NO. The first-order chi connectivity index (χ1) is 10.7. The van der Waals surface area contributed by atoms with Gasteiger partial charge in [0.15, 0.2) is 23.3 Å². The molecule has 0 radical (unpaired) electrons. The largest absolute Gasteiger partial charge is 0.269 e. The average molecular weight is 368 g/mol. The van der Waals surface area contributed by atoms with Gasteiger partial charge in [0, 0.05) is 11.1 Å². The molecule has 1 amide bonds. The Morgan fingerprint density at radius 3 is 1.83 bits per heavy atom. The van der Waals surface area contributed by atoms with Gasteiger partial charge in [0.2, 0.25) is 10.3 Å². The summed E-state index contributed by atoms with van der Waals surface area (Å²) in [5.41, 5.74) is -1.65. The van der Waals surface area contributed by atoms with Gasteiger partial charge in [-0.15, -0.1) is 0 Å². The third-order valence-electron chi connectivity index (χ3n) is 3.38. The van der Waals surface area contributed by atoms with E-state index in [-0.39, 0.29) is 16.0 Å². The van der Waals surface area contributed by atoms with E-state index in [0.717, 1.165) is 0 Å². The fourth-order valence-electron chi connectivity index (χ4n) is 2.33. The Balaban J connectivity index is 2.32. The first kappa shape index (κ1) is 16.0. The number of rotatable bonds is 1. The van der Waals surface area contributed by atoms with Crippen molar-refractivity contribution < 1.29 is 26.7 Å². The summed E-state index contributed by atoms with van der Waals surface area (Å²) in [6.07, 6.45) is 0. The second kappa shape index (κ2) is 5.07. The van der Waals surface area contributed by atoms with Gasteiger partial charge in [-0.1, -0.05) is 41.4 Å². The maximum Gasteiger partial charge on any atom is 0.261 e. The molecule has 1 aliphatic rings. The van der Waals surface area contributed by atoms with Gasteiger partial charge in [-0.2, -0.15) is 0 Å². The van der Waals surface area contributed by atoms with Crippen LogP contribution in [0.15, 0.2) is 24.3 Å². The zero-order chi connectivity index (χ0) is 17.1. The number of hydrogen-bond donors (Lipinski definition) is 0. The summed E-state index contributed by atoms with van der Waals surface area (Å²) in [6, 6.07) is 5.46. The maximum absolute atomic E-state index is 14.0. The number of hydrogen-bond acceptors (Lipinski definition) is 1. The summed E-state index contributed by atoms with van der Waals surface area (Å²) in [4.78, 5) is 12.4. The molecule has 0 fully saturated rings. The molecular weight excluding hydrogens is 364 g/mol. The molecule has 0 saturated heterocycles. The maximum atomic E-state index is 14.0. The minimum atomic E-state index is -2.34. The van der Waals surface area contributed by atoms with Crippen LogP contribution in [-0.2, 0) is 4.46 Å². The van der Waals surface area contributed by atoms with Gasteiger partial charge in [-0.3, -0.25) is 9.69 Å². The number of benzene rings is 2. The Hall–Kier alpha value is -1.86. The zero-order valence-corrected chi connectivity index (χ0v) is 12.3. The lowest BCUT2D eigenvalue weighted by molar-refractivity contribution is 0.0991. The highest BCUT2D eigenvalue weighted by molar-refractivity contribution is 6.53. The molecule has 3 rings (SSSR count). The van der Waals surface area contributed by atoms with E-state index in [1.54, 1.807) is 0 Å². The van der Waals surface area contributed by atoms with Crippen molar-refractivity contribution in [3.8, 4) is 0 Å². The molecule has 0 saturated carbocycles. The SMILES string of the molecule is O=C1c2ccccc2C(Cl)(Cl)N1c1c(F)c(F)c(F)c(F)c1F. The quantitative estimate of drug-likeness (QED) is 0.236. The van der Waals surface area contributed by atoms with Gasteiger partial charge in [-0.25, -0.2) is 22.0 Å². The van der Waals surface area contributed by atoms with Crippen LogP contribution in [0, 0.1) is 29.1 Å². The Kier molecular flexibility index (Phi) is 3.53. The minimum absolute atomic E-state index is 0.0303. The molecule has 1 aliphatic heterocycles. The lowest BCUT2D eigenvalue weighted by Gasteiger charge is -2.28. The number of fused-ring (bicyclic) bond motifs is 1. The highest BCUT2D eigenvalue weighted by Gasteiger charge is 2.51. The Bertz CT molecular complexity index is 826. The molecule has 0 aliphatic carbocycles. The van der Waals surface area contributed by atoms with E-state index in [0.29, 0.717) is 0 Å². The van der Waals surface area contributed by atoms with Crippen LogP contribution in [0.2, 0.25) is 0 Å². The van der Waals surface area contributed by atoms with Crippen molar-refractivity contribution in [3.63, 3.8) is 0 Å². The normalized spacial score (nSPS) is 16.0. The fraction of sp³-hybridized carbons (Fsp3) is 0.0714. The third kappa shape index (κ3) is 2.03. The standard InChI is InChI=1S/C14H4Cl2F5NO/c15-14(16)6-4-2-1-3-5(6)13(23)22(14)12-10(20)8(18)7(17)9(19)11(12)21/h1-4H. The van der Waals surface area contributed by atoms with Crippen LogP contribution >= 0.6 is 23.2 Å². The minimum Gasteiger partial charge on any atom is -0.269 e. The van der Waals surface area contributed by atoms with Crippen molar-refractivity contribution in [3.05, 3.63) is 64.5 Å². The van der Waals surface area contributed by atoms with Gasteiger partial charge in [0.1, 0.15) is 5.69 Å². The molecule has 0 spiro atoms. The highest BCUT2D eigenvalue weighted by Crippen LogP contribution is 2.49. The molecule has 9 heteroatoms. The van der Waals surface area contributed by atoms with Crippen LogP contribution < -0.4 is 4.90 Å². The number of nitrogens with zero attached hydrogens (tertiary/aromatic N) is 1. The highest BCUT2D eigenvalue weighted by atomic mass is 35.5. The van der Waals surface area contributed by atoms with Crippen LogP contribution in [0.3, 0.4) is 0 Å². The van der Waals surface area contributed by atoms with Crippen LogP contribution in [0.4, 0.5) is 27.6 Å². The Morgan fingerprint density at radius 2 is 1.30 bits per heavy atom. The lowest BCUT2D eigenvalue weighted by Crippen LogP contribution is -2.37. The monoisotopic (exact) mass is 367 g/mol.